The van der Waals surface area contributed by atoms with Crippen molar-refractivity contribution < 1.29 is 19.8 Å². The minimum atomic E-state index is -1.01. The molecule has 0 unspecified atom stereocenters. The maximum absolute atomic E-state index is 11.9. The summed E-state index contributed by atoms with van der Waals surface area (Å²) in [5.74, 6) is -1.26. The first-order valence-electron chi connectivity index (χ1n) is 7.48. The molecule has 1 aromatic heterocycles. The number of carboxylic acid groups (broad SMARTS) is 1. The molecular weight excluding hydrogens is 288 g/mol. The van der Waals surface area contributed by atoms with Crippen molar-refractivity contribution in [3.05, 3.63) is 11.9 Å². The van der Waals surface area contributed by atoms with Crippen molar-refractivity contribution in [3.8, 4) is 0 Å². The van der Waals surface area contributed by atoms with Gasteiger partial charge in [0.1, 0.15) is 12.2 Å². The van der Waals surface area contributed by atoms with E-state index in [1.165, 1.54) is 10.9 Å². The summed E-state index contributed by atoms with van der Waals surface area (Å²) in [4.78, 5) is 22.5. The second-order valence-electron chi connectivity index (χ2n) is 5.48. The Bertz CT molecular complexity index is 495. The van der Waals surface area contributed by atoms with Gasteiger partial charge in [0, 0.05) is 0 Å². The van der Waals surface area contributed by atoms with Crippen molar-refractivity contribution in [1.82, 2.24) is 20.3 Å². The fourth-order valence-corrected chi connectivity index (χ4v) is 2.42. The number of nitrogens with one attached hydrogen (secondary N) is 1. The van der Waals surface area contributed by atoms with Crippen molar-refractivity contribution in [2.45, 2.75) is 64.6 Å². The predicted octanol–water partition coefficient (Wildman–Crippen LogP) is 0.700. The number of amides is 1. The molecule has 124 valence electrons. The molecule has 1 amide bonds. The molecule has 0 saturated carbocycles. The number of aliphatic carboxylic acids is 1. The summed E-state index contributed by atoms with van der Waals surface area (Å²) in [5.41, 5.74) is -0.488. The highest BCUT2D eigenvalue weighted by Crippen LogP contribution is 2.23. The van der Waals surface area contributed by atoms with Crippen molar-refractivity contribution >= 4 is 11.9 Å². The van der Waals surface area contributed by atoms with E-state index in [0.29, 0.717) is 18.5 Å². The number of carboxylic acids is 1. The number of carbonyl (C=O) groups excluding carboxylic acids is 1. The summed E-state index contributed by atoms with van der Waals surface area (Å²) in [6.45, 7) is 3.83. The molecule has 22 heavy (non-hydrogen) atoms. The van der Waals surface area contributed by atoms with Crippen molar-refractivity contribution in [2.75, 3.05) is 0 Å². The van der Waals surface area contributed by atoms with Gasteiger partial charge in [0.15, 0.2) is 0 Å². The highest BCUT2D eigenvalue weighted by molar-refractivity contribution is 5.76. The van der Waals surface area contributed by atoms with E-state index in [1.54, 1.807) is 0 Å². The SMILES string of the molecule is CCCC(O)(CCC)CC(=O)NCc1cn(CC(=O)O)nn1. The topological polar surface area (TPSA) is 117 Å². The Morgan fingerprint density at radius 1 is 1.32 bits per heavy atom. The molecule has 0 aliphatic heterocycles. The first kappa shape index (κ1) is 18.1. The van der Waals surface area contributed by atoms with Gasteiger partial charge in [0.05, 0.1) is 24.8 Å². The van der Waals surface area contributed by atoms with Crippen LogP contribution in [0.5, 0.6) is 0 Å². The molecule has 8 heteroatoms. The standard InChI is InChI=1S/C14H24N4O4/c1-3-5-14(22,6-4-2)7-12(19)15-8-11-9-18(17-16-11)10-13(20)21/h9,22H,3-8,10H2,1-2H3,(H,15,19)(H,20,21). The van der Waals surface area contributed by atoms with Gasteiger partial charge in [-0.1, -0.05) is 31.9 Å². The van der Waals surface area contributed by atoms with Gasteiger partial charge in [0.2, 0.25) is 5.91 Å². The zero-order chi connectivity index (χ0) is 16.6. The highest BCUT2D eigenvalue weighted by atomic mass is 16.4. The van der Waals surface area contributed by atoms with Gasteiger partial charge in [-0.05, 0) is 12.8 Å². The van der Waals surface area contributed by atoms with E-state index in [4.69, 9.17) is 5.11 Å². The predicted molar refractivity (Wildman–Crippen MR) is 78.9 cm³/mol. The molecule has 0 bridgehead atoms. The molecule has 0 saturated heterocycles. The average Bonchev–Trinajstić information content (AvgIpc) is 2.83. The van der Waals surface area contributed by atoms with Gasteiger partial charge in [-0.3, -0.25) is 9.59 Å². The van der Waals surface area contributed by atoms with E-state index >= 15 is 0 Å². The van der Waals surface area contributed by atoms with Crippen LogP contribution in [0.3, 0.4) is 0 Å². The summed E-state index contributed by atoms with van der Waals surface area (Å²) in [5, 5.41) is 29.2. The lowest BCUT2D eigenvalue weighted by molar-refractivity contribution is -0.138. The number of rotatable bonds is 10. The molecule has 1 aromatic rings. The Balaban J connectivity index is 2.47. The zero-order valence-electron chi connectivity index (χ0n) is 13.1. The van der Waals surface area contributed by atoms with E-state index < -0.39 is 11.6 Å². The van der Waals surface area contributed by atoms with Crippen LogP contribution < -0.4 is 5.32 Å². The molecule has 1 heterocycles. The Morgan fingerprint density at radius 2 is 1.95 bits per heavy atom. The lowest BCUT2D eigenvalue weighted by Crippen LogP contribution is -2.36. The molecule has 0 spiro atoms. The van der Waals surface area contributed by atoms with Crippen LogP contribution in [0.25, 0.3) is 0 Å². The van der Waals surface area contributed by atoms with Crippen LogP contribution in [0.2, 0.25) is 0 Å². The summed E-state index contributed by atoms with van der Waals surface area (Å²) in [6, 6.07) is 0. The first-order valence-corrected chi connectivity index (χ1v) is 7.48. The first-order chi connectivity index (χ1) is 10.4. The van der Waals surface area contributed by atoms with Crippen LogP contribution in [0, 0.1) is 0 Å². The largest absolute Gasteiger partial charge is 0.480 e. The summed E-state index contributed by atoms with van der Waals surface area (Å²) >= 11 is 0. The van der Waals surface area contributed by atoms with Crippen LogP contribution in [-0.2, 0) is 22.7 Å². The molecule has 0 fully saturated rings. The van der Waals surface area contributed by atoms with Gasteiger partial charge in [-0.2, -0.15) is 0 Å². The number of hydrogen-bond donors (Lipinski definition) is 3. The normalized spacial score (nSPS) is 11.4. The minimum absolute atomic E-state index is 0.0535. The van der Waals surface area contributed by atoms with E-state index in [0.717, 1.165) is 12.8 Å². The van der Waals surface area contributed by atoms with Crippen LogP contribution in [0.1, 0.15) is 51.6 Å². The maximum atomic E-state index is 11.9. The maximum Gasteiger partial charge on any atom is 0.325 e. The Hall–Kier alpha value is -1.96. The quantitative estimate of drug-likeness (QED) is 0.585. The third-order valence-corrected chi connectivity index (χ3v) is 3.27. The number of aliphatic hydroxyl groups is 1. The van der Waals surface area contributed by atoms with E-state index in [1.807, 2.05) is 13.8 Å². The Kier molecular flexibility index (Phi) is 6.97. The monoisotopic (exact) mass is 312 g/mol. The molecule has 3 N–H and O–H groups in total. The smallest absolute Gasteiger partial charge is 0.325 e. The van der Waals surface area contributed by atoms with Crippen molar-refractivity contribution in [1.29, 1.82) is 0 Å². The Labute approximate surface area is 129 Å². The van der Waals surface area contributed by atoms with Crippen LogP contribution in [0.4, 0.5) is 0 Å². The van der Waals surface area contributed by atoms with E-state index in [-0.39, 0.29) is 25.4 Å². The summed E-state index contributed by atoms with van der Waals surface area (Å²) in [6.07, 6.45) is 4.32. The van der Waals surface area contributed by atoms with E-state index in [9.17, 15) is 14.7 Å². The van der Waals surface area contributed by atoms with Crippen LogP contribution >= 0.6 is 0 Å². The van der Waals surface area contributed by atoms with Gasteiger partial charge < -0.3 is 15.5 Å². The van der Waals surface area contributed by atoms with E-state index in [2.05, 4.69) is 15.6 Å². The van der Waals surface area contributed by atoms with Gasteiger partial charge in [-0.15, -0.1) is 5.10 Å². The fraction of sp³-hybridized carbons (Fsp3) is 0.714. The highest BCUT2D eigenvalue weighted by Gasteiger charge is 2.28. The lowest BCUT2D eigenvalue weighted by Gasteiger charge is -2.26. The zero-order valence-corrected chi connectivity index (χ0v) is 13.1. The number of carbonyl (C=O) groups is 2. The second-order valence-corrected chi connectivity index (χ2v) is 5.48. The molecule has 0 atom stereocenters. The molecular formula is C14H24N4O4. The second kappa shape index (κ2) is 8.47. The van der Waals surface area contributed by atoms with Crippen LogP contribution in [-0.4, -0.2) is 42.7 Å². The number of hydrogen-bond acceptors (Lipinski definition) is 5. The third-order valence-electron chi connectivity index (χ3n) is 3.27. The number of aromatic nitrogens is 3. The molecule has 0 aliphatic carbocycles. The average molecular weight is 312 g/mol. The van der Waals surface area contributed by atoms with Gasteiger partial charge in [-0.25, -0.2) is 4.68 Å². The number of nitrogens with zero attached hydrogens (tertiary/aromatic N) is 3. The Morgan fingerprint density at radius 3 is 2.50 bits per heavy atom. The van der Waals surface area contributed by atoms with Crippen LogP contribution in [0.15, 0.2) is 6.20 Å². The van der Waals surface area contributed by atoms with Crippen molar-refractivity contribution in [3.63, 3.8) is 0 Å². The molecule has 0 aromatic carbocycles. The molecule has 0 aliphatic rings. The van der Waals surface area contributed by atoms with Gasteiger partial charge >= 0.3 is 5.97 Å². The summed E-state index contributed by atoms with van der Waals surface area (Å²) < 4.78 is 1.19. The van der Waals surface area contributed by atoms with Gasteiger partial charge in [0.25, 0.3) is 0 Å². The van der Waals surface area contributed by atoms with Crippen molar-refractivity contribution in [2.24, 2.45) is 0 Å². The minimum Gasteiger partial charge on any atom is -0.480 e. The molecule has 0 radical (unpaired) electrons. The molecule has 8 nitrogen and oxygen atoms in total. The fourth-order valence-electron chi connectivity index (χ4n) is 2.42. The third kappa shape index (κ3) is 6.21. The molecule has 1 rings (SSSR count). The lowest BCUT2D eigenvalue weighted by atomic mass is 9.89. The summed E-state index contributed by atoms with van der Waals surface area (Å²) in [7, 11) is 0.